The van der Waals surface area contributed by atoms with E-state index in [4.69, 9.17) is 66.3 Å². The molecule has 1 amide bonds. The maximum atomic E-state index is 13.8. The highest BCUT2D eigenvalue weighted by Gasteiger charge is 2.58. The molecule has 0 spiro atoms. The first kappa shape index (κ1) is 65.4. The number of amides is 1. The van der Waals surface area contributed by atoms with E-state index < -0.39 is 121 Å². The number of nitrogens with zero attached hydrogens (tertiary/aromatic N) is 1. The van der Waals surface area contributed by atoms with Crippen molar-refractivity contribution in [2.75, 3.05) is 13.2 Å². The van der Waals surface area contributed by atoms with E-state index in [1.54, 1.807) is 0 Å². The van der Waals surface area contributed by atoms with Crippen LogP contribution in [-0.4, -0.2) is 134 Å². The summed E-state index contributed by atoms with van der Waals surface area (Å²) in [6.45, 7) is 6.38. The number of esters is 3. The summed E-state index contributed by atoms with van der Waals surface area (Å²) in [5, 5.41) is 14.8. The van der Waals surface area contributed by atoms with E-state index in [1.165, 1.54) is 31.2 Å². The van der Waals surface area contributed by atoms with E-state index in [2.05, 4.69) is 5.32 Å². The standard InChI is InChI=1S/C67H74N2O20/c1-42-57(78-37-49-25-15-8-16-26-49)61(79-38-50-27-17-9-18-28-50)63(80-39-51-29-19-10-20-30-51)66(81-42)89-60-56(68-43(2)70)65(85-53-33-31-52(32-34-53)69(74)75)86-54(40-76-35-47-21-11-6-12-22-47)58(60)88-67-64(84-46(5)73)62(83-45(4)72)59(82-44(3)71)55(87-67)41-77-36-48-23-13-7-14-24-48/h6-34,42,54-67H,35-41H2,1-5H3,(H,68,70). The molecule has 0 radical (unpaired) electrons. The molecular formula is C67H74N2O20. The van der Waals surface area contributed by atoms with Gasteiger partial charge in [-0.2, -0.15) is 0 Å². The number of ether oxygens (including phenoxy) is 14. The molecule has 3 aliphatic heterocycles. The molecule has 9 rings (SSSR count). The Hall–Kier alpha value is -8.00. The molecule has 3 saturated heterocycles. The van der Waals surface area contributed by atoms with E-state index in [0.29, 0.717) is 0 Å². The summed E-state index contributed by atoms with van der Waals surface area (Å²) >= 11 is 0. The number of hydrogen-bond acceptors (Lipinski definition) is 20. The lowest BCUT2D eigenvalue weighted by Gasteiger charge is -2.51. The maximum Gasteiger partial charge on any atom is 0.303 e. The monoisotopic (exact) mass is 1230 g/mol. The third-order valence-corrected chi connectivity index (χ3v) is 14.8. The zero-order chi connectivity index (χ0) is 62.7. The predicted octanol–water partition coefficient (Wildman–Crippen LogP) is 8.43. The molecule has 0 aromatic heterocycles. The van der Waals surface area contributed by atoms with Crippen LogP contribution in [0, 0.1) is 10.1 Å². The van der Waals surface area contributed by atoms with Crippen LogP contribution in [0.3, 0.4) is 0 Å². The van der Waals surface area contributed by atoms with Gasteiger partial charge in [-0.25, -0.2) is 0 Å². The summed E-state index contributed by atoms with van der Waals surface area (Å²) in [5.41, 5.74) is 3.91. The number of nitrogens with one attached hydrogen (secondary N) is 1. The molecule has 15 atom stereocenters. The number of nitro groups is 1. The Bertz CT molecular complexity index is 3170. The molecule has 0 bridgehead atoms. The topological polar surface area (TPSA) is 253 Å². The highest BCUT2D eigenvalue weighted by Crippen LogP contribution is 2.39. The van der Waals surface area contributed by atoms with Crippen molar-refractivity contribution >= 4 is 29.5 Å². The molecule has 22 heteroatoms. The first-order valence-corrected chi connectivity index (χ1v) is 29.3. The van der Waals surface area contributed by atoms with Crippen LogP contribution in [0.25, 0.3) is 0 Å². The van der Waals surface area contributed by atoms with Gasteiger partial charge in [0.2, 0.25) is 12.2 Å². The fourth-order valence-electron chi connectivity index (χ4n) is 10.8. The molecular weight excluding hydrogens is 1150 g/mol. The Morgan fingerprint density at radius 2 is 0.831 bits per heavy atom. The average molecular weight is 1230 g/mol. The Morgan fingerprint density at radius 1 is 0.438 bits per heavy atom. The molecule has 472 valence electrons. The first-order chi connectivity index (χ1) is 43.1. The number of carbonyl (C=O) groups is 4. The van der Waals surface area contributed by atoms with E-state index in [-0.39, 0.29) is 57.7 Å². The second kappa shape index (κ2) is 32.5. The van der Waals surface area contributed by atoms with Crippen LogP contribution < -0.4 is 10.1 Å². The second-order valence-electron chi connectivity index (χ2n) is 21.6. The smallest absolute Gasteiger partial charge is 0.303 e. The largest absolute Gasteiger partial charge is 0.463 e. The van der Waals surface area contributed by atoms with Crippen molar-refractivity contribution in [2.24, 2.45) is 0 Å². The lowest BCUT2D eigenvalue weighted by molar-refractivity contribution is -0.385. The third-order valence-electron chi connectivity index (χ3n) is 14.8. The Kier molecular flexibility index (Phi) is 23.9. The van der Waals surface area contributed by atoms with Crippen LogP contribution in [0.1, 0.15) is 62.4 Å². The van der Waals surface area contributed by atoms with Crippen molar-refractivity contribution in [3.05, 3.63) is 214 Å². The summed E-state index contributed by atoms with van der Waals surface area (Å²) < 4.78 is 93.1. The highest BCUT2D eigenvalue weighted by atomic mass is 16.8. The van der Waals surface area contributed by atoms with E-state index in [9.17, 15) is 29.3 Å². The predicted molar refractivity (Wildman–Crippen MR) is 317 cm³/mol. The van der Waals surface area contributed by atoms with Crippen molar-refractivity contribution in [3.8, 4) is 5.75 Å². The fraction of sp³-hybridized carbons (Fsp3) is 0.403. The fourth-order valence-corrected chi connectivity index (χ4v) is 10.8. The van der Waals surface area contributed by atoms with Crippen LogP contribution in [0.4, 0.5) is 5.69 Å². The SMILES string of the molecule is CC(=O)NC1C(Oc2ccc([N+](=O)[O-])cc2)OC(COCc2ccccc2)C(OC2OC(COCc3ccccc3)C(OC(C)=O)C(OC(C)=O)C2OC(C)=O)C1OC1OC(C)C(OCc2ccccc2)C(OCc2ccccc2)C1OCc1ccccc1. The summed E-state index contributed by atoms with van der Waals surface area (Å²) in [4.78, 5) is 64.7. The van der Waals surface area contributed by atoms with Crippen molar-refractivity contribution in [1.29, 1.82) is 0 Å². The number of rotatable bonds is 28. The molecule has 89 heavy (non-hydrogen) atoms. The Balaban J connectivity index is 1.18. The quantitative estimate of drug-likeness (QED) is 0.0209. The first-order valence-electron chi connectivity index (χ1n) is 29.3. The van der Waals surface area contributed by atoms with Crippen LogP contribution in [-0.2, 0) is 114 Å². The van der Waals surface area contributed by atoms with Crippen LogP contribution in [0.2, 0.25) is 0 Å². The minimum atomic E-state index is -1.75. The van der Waals surface area contributed by atoms with Crippen molar-refractivity contribution in [1.82, 2.24) is 5.32 Å². The van der Waals surface area contributed by atoms with Crippen molar-refractivity contribution < 1.29 is 90.4 Å². The lowest BCUT2D eigenvalue weighted by Crippen LogP contribution is -2.71. The zero-order valence-corrected chi connectivity index (χ0v) is 50.0. The van der Waals surface area contributed by atoms with Crippen LogP contribution >= 0.6 is 0 Å². The van der Waals surface area contributed by atoms with Crippen LogP contribution in [0.5, 0.6) is 5.75 Å². The number of non-ortho nitro benzene ring substituents is 1. The third kappa shape index (κ3) is 18.8. The van der Waals surface area contributed by atoms with Gasteiger partial charge in [-0.15, -0.1) is 0 Å². The van der Waals surface area contributed by atoms with Gasteiger partial charge in [0.1, 0.15) is 54.5 Å². The molecule has 3 aliphatic rings. The van der Waals surface area contributed by atoms with Gasteiger partial charge >= 0.3 is 17.9 Å². The molecule has 22 nitrogen and oxygen atoms in total. The normalized spacial score (nSPS) is 26.7. The molecule has 3 heterocycles. The Labute approximate surface area is 515 Å². The minimum absolute atomic E-state index is 0.0269. The Morgan fingerprint density at radius 3 is 1.29 bits per heavy atom. The molecule has 0 aliphatic carbocycles. The van der Waals surface area contributed by atoms with Gasteiger partial charge in [-0.3, -0.25) is 29.3 Å². The number of nitro benzene ring substituents is 1. The number of hydrogen-bond donors (Lipinski definition) is 1. The second-order valence-corrected chi connectivity index (χ2v) is 21.6. The molecule has 1 N–H and O–H groups in total. The van der Waals surface area contributed by atoms with E-state index in [0.717, 1.165) is 48.6 Å². The average Bonchev–Trinajstić information content (AvgIpc) is 0.816. The van der Waals surface area contributed by atoms with Crippen molar-refractivity contribution in [2.45, 2.75) is 160 Å². The maximum absolute atomic E-state index is 13.8. The van der Waals surface area contributed by atoms with Gasteiger partial charge in [-0.1, -0.05) is 152 Å². The summed E-state index contributed by atoms with van der Waals surface area (Å²) in [6, 6.07) is 51.1. The summed E-state index contributed by atoms with van der Waals surface area (Å²) in [5.74, 6) is -2.96. The molecule has 6 aromatic rings. The summed E-state index contributed by atoms with van der Waals surface area (Å²) in [6.07, 6.45) is -18.7. The van der Waals surface area contributed by atoms with Crippen molar-refractivity contribution in [3.63, 3.8) is 0 Å². The highest BCUT2D eigenvalue weighted by molar-refractivity contribution is 5.73. The lowest BCUT2D eigenvalue weighted by atomic mass is 9.94. The number of benzene rings is 6. The molecule has 0 saturated carbocycles. The van der Waals surface area contributed by atoms with E-state index >= 15 is 0 Å². The van der Waals surface area contributed by atoms with Gasteiger partial charge in [0.25, 0.3) is 5.69 Å². The molecule has 3 fully saturated rings. The molecule has 6 aromatic carbocycles. The van der Waals surface area contributed by atoms with Crippen LogP contribution in [0.15, 0.2) is 176 Å². The van der Waals surface area contributed by atoms with E-state index in [1.807, 2.05) is 159 Å². The minimum Gasteiger partial charge on any atom is -0.463 e. The molecule has 15 unspecified atom stereocenters. The van der Waals surface area contributed by atoms with Gasteiger partial charge < -0.3 is 71.6 Å². The number of carbonyl (C=O) groups excluding carboxylic acids is 4. The van der Waals surface area contributed by atoms with Gasteiger partial charge in [0.05, 0.1) is 57.3 Å². The van der Waals surface area contributed by atoms with Gasteiger partial charge in [0.15, 0.2) is 30.9 Å². The summed E-state index contributed by atoms with van der Waals surface area (Å²) in [7, 11) is 0. The van der Waals surface area contributed by atoms with Gasteiger partial charge in [-0.05, 0) is 46.9 Å². The zero-order valence-electron chi connectivity index (χ0n) is 50.0. The van der Waals surface area contributed by atoms with Gasteiger partial charge in [0, 0.05) is 39.8 Å².